The molecular formula is C15H19N3O2. The smallest absolute Gasteiger partial charge is 0.130 e. The summed E-state index contributed by atoms with van der Waals surface area (Å²) in [6.45, 7) is 7.69. The van der Waals surface area contributed by atoms with Crippen molar-refractivity contribution in [2.24, 2.45) is 0 Å². The molecule has 2 rings (SSSR count). The summed E-state index contributed by atoms with van der Waals surface area (Å²) in [6.07, 6.45) is 2.43. The molecule has 0 aromatic carbocycles. The maximum absolute atomic E-state index is 8.96. The second-order valence-electron chi connectivity index (χ2n) is 5.36. The van der Waals surface area contributed by atoms with Crippen LogP contribution >= 0.6 is 0 Å². The minimum Gasteiger partial charge on any atom is -0.378 e. The van der Waals surface area contributed by atoms with Gasteiger partial charge in [0.2, 0.25) is 0 Å². The van der Waals surface area contributed by atoms with Gasteiger partial charge in [0.1, 0.15) is 23.3 Å². The van der Waals surface area contributed by atoms with E-state index in [2.05, 4.69) is 4.90 Å². The van der Waals surface area contributed by atoms with E-state index in [1.165, 1.54) is 0 Å². The molecule has 0 saturated carbocycles. The van der Waals surface area contributed by atoms with E-state index in [9.17, 15) is 0 Å². The van der Waals surface area contributed by atoms with E-state index in [4.69, 9.17) is 20.0 Å². The molecule has 0 spiro atoms. The van der Waals surface area contributed by atoms with Crippen molar-refractivity contribution in [3.05, 3.63) is 22.9 Å². The Morgan fingerprint density at radius 3 is 2.45 bits per heavy atom. The Bertz CT molecular complexity index is 498. The Morgan fingerprint density at radius 2 is 1.85 bits per heavy atom. The molecule has 2 aliphatic rings. The standard InChI is InChI=1S/C15H19N3O2/c1-15(2)14(18-4-7-19-8-5-18)13(3-6-20-15)9-12(10-16)11-17/h9H,3-8H2,1-2H3. The summed E-state index contributed by atoms with van der Waals surface area (Å²) < 4.78 is 11.3. The third kappa shape index (κ3) is 3.01. The highest BCUT2D eigenvalue weighted by Gasteiger charge is 2.34. The maximum atomic E-state index is 8.96. The monoisotopic (exact) mass is 273 g/mol. The van der Waals surface area contributed by atoms with E-state index in [1.807, 2.05) is 26.0 Å². The van der Waals surface area contributed by atoms with Gasteiger partial charge >= 0.3 is 0 Å². The van der Waals surface area contributed by atoms with Gasteiger partial charge in [-0.05, 0) is 31.9 Å². The van der Waals surface area contributed by atoms with Crippen molar-refractivity contribution in [1.29, 1.82) is 10.5 Å². The molecular weight excluding hydrogens is 254 g/mol. The van der Waals surface area contributed by atoms with Crippen molar-refractivity contribution < 1.29 is 9.47 Å². The molecule has 0 atom stereocenters. The van der Waals surface area contributed by atoms with Gasteiger partial charge in [-0.15, -0.1) is 0 Å². The lowest BCUT2D eigenvalue weighted by Crippen LogP contribution is -2.46. The van der Waals surface area contributed by atoms with Crippen molar-refractivity contribution in [2.75, 3.05) is 32.9 Å². The summed E-state index contributed by atoms with van der Waals surface area (Å²) >= 11 is 0. The van der Waals surface area contributed by atoms with Crippen LogP contribution in [-0.4, -0.2) is 43.4 Å². The Morgan fingerprint density at radius 1 is 1.20 bits per heavy atom. The van der Waals surface area contributed by atoms with Gasteiger partial charge in [0.05, 0.1) is 19.8 Å². The number of hydrogen-bond donors (Lipinski definition) is 0. The average molecular weight is 273 g/mol. The lowest BCUT2D eigenvalue weighted by Gasteiger charge is -2.43. The van der Waals surface area contributed by atoms with Gasteiger partial charge < -0.3 is 14.4 Å². The van der Waals surface area contributed by atoms with Gasteiger partial charge in [-0.25, -0.2) is 0 Å². The minimum atomic E-state index is -0.405. The van der Waals surface area contributed by atoms with Gasteiger partial charge in [-0.3, -0.25) is 0 Å². The molecule has 0 radical (unpaired) electrons. The fourth-order valence-electron chi connectivity index (χ4n) is 2.76. The number of hydrogen-bond acceptors (Lipinski definition) is 5. The van der Waals surface area contributed by atoms with Gasteiger partial charge in [-0.2, -0.15) is 10.5 Å². The van der Waals surface area contributed by atoms with Gasteiger partial charge in [0.25, 0.3) is 0 Å². The lowest BCUT2D eigenvalue weighted by atomic mass is 9.92. The van der Waals surface area contributed by atoms with Crippen molar-refractivity contribution in [3.8, 4) is 12.1 Å². The minimum absolute atomic E-state index is 0.142. The second-order valence-corrected chi connectivity index (χ2v) is 5.36. The summed E-state index contributed by atoms with van der Waals surface area (Å²) in [4.78, 5) is 2.25. The number of ether oxygens (including phenoxy) is 2. The lowest BCUT2D eigenvalue weighted by molar-refractivity contribution is -0.0364. The Kier molecular flexibility index (Phi) is 4.44. The topological polar surface area (TPSA) is 69.3 Å². The number of allylic oxidation sites excluding steroid dienone is 2. The summed E-state index contributed by atoms with van der Waals surface area (Å²) in [5, 5.41) is 17.9. The summed E-state index contributed by atoms with van der Waals surface area (Å²) in [6, 6.07) is 3.86. The first kappa shape index (κ1) is 14.6. The molecule has 0 N–H and O–H groups in total. The molecule has 0 aromatic heterocycles. The zero-order valence-corrected chi connectivity index (χ0v) is 12.0. The van der Waals surface area contributed by atoms with Crippen LogP contribution in [0.3, 0.4) is 0 Å². The summed E-state index contributed by atoms with van der Waals surface area (Å²) in [7, 11) is 0. The van der Waals surface area contributed by atoms with Crippen LogP contribution in [0.15, 0.2) is 22.9 Å². The first-order valence-electron chi connectivity index (χ1n) is 6.80. The third-order valence-corrected chi connectivity index (χ3v) is 3.60. The second kappa shape index (κ2) is 6.09. The highest BCUT2D eigenvalue weighted by Crippen LogP contribution is 2.34. The van der Waals surface area contributed by atoms with E-state index >= 15 is 0 Å². The molecule has 0 unspecified atom stereocenters. The van der Waals surface area contributed by atoms with Gasteiger partial charge in [0, 0.05) is 18.8 Å². The van der Waals surface area contributed by atoms with Crippen LogP contribution in [0.25, 0.3) is 0 Å². The predicted molar refractivity (Wildman–Crippen MR) is 73.4 cm³/mol. The fraction of sp³-hybridized carbons (Fsp3) is 0.600. The van der Waals surface area contributed by atoms with Crippen LogP contribution in [0.5, 0.6) is 0 Å². The highest BCUT2D eigenvalue weighted by molar-refractivity contribution is 5.44. The molecule has 0 aromatic rings. The predicted octanol–water partition coefficient (Wildman–Crippen LogP) is 1.75. The molecule has 2 heterocycles. The highest BCUT2D eigenvalue weighted by atomic mass is 16.5. The van der Waals surface area contributed by atoms with Crippen molar-refractivity contribution in [2.45, 2.75) is 25.9 Å². The fourth-order valence-corrected chi connectivity index (χ4v) is 2.76. The average Bonchev–Trinajstić information content (AvgIpc) is 2.44. The van der Waals surface area contributed by atoms with Crippen LogP contribution < -0.4 is 0 Å². The van der Waals surface area contributed by atoms with Crippen LogP contribution in [0.1, 0.15) is 20.3 Å². The number of rotatable bonds is 2. The first-order valence-corrected chi connectivity index (χ1v) is 6.80. The zero-order chi connectivity index (χ0) is 14.6. The van der Waals surface area contributed by atoms with Crippen LogP contribution in [0, 0.1) is 22.7 Å². The molecule has 5 heteroatoms. The van der Waals surface area contributed by atoms with E-state index in [0.29, 0.717) is 19.8 Å². The van der Waals surface area contributed by atoms with Gasteiger partial charge in [-0.1, -0.05) is 0 Å². The summed E-state index contributed by atoms with van der Waals surface area (Å²) in [5.41, 5.74) is 1.84. The Hall–Kier alpha value is -1.82. The van der Waals surface area contributed by atoms with Gasteiger partial charge in [0.15, 0.2) is 0 Å². The Labute approximate surface area is 119 Å². The Balaban J connectivity index is 2.44. The SMILES string of the molecule is CC1(C)OCCC(C=C(C#N)C#N)=C1N1CCOCC1. The molecule has 1 fully saturated rings. The first-order chi connectivity index (χ1) is 9.58. The molecule has 2 aliphatic heterocycles. The normalized spacial score (nSPS) is 21.9. The maximum Gasteiger partial charge on any atom is 0.130 e. The van der Waals surface area contributed by atoms with Crippen molar-refractivity contribution >= 4 is 0 Å². The molecule has 20 heavy (non-hydrogen) atoms. The quantitative estimate of drug-likeness (QED) is 0.717. The molecule has 0 amide bonds. The third-order valence-electron chi connectivity index (χ3n) is 3.60. The largest absolute Gasteiger partial charge is 0.378 e. The number of nitrogens with zero attached hydrogens (tertiary/aromatic N) is 3. The molecule has 106 valence electrons. The summed E-state index contributed by atoms with van der Waals surface area (Å²) in [5.74, 6) is 0. The molecule has 0 aliphatic carbocycles. The van der Waals surface area contributed by atoms with Crippen molar-refractivity contribution in [3.63, 3.8) is 0 Å². The molecule has 5 nitrogen and oxygen atoms in total. The molecule has 0 bridgehead atoms. The van der Waals surface area contributed by atoms with Crippen LogP contribution in [-0.2, 0) is 9.47 Å². The number of nitriles is 2. The van der Waals surface area contributed by atoms with E-state index in [1.54, 1.807) is 6.08 Å². The van der Waals surface area contributed by atoms with Crippen molar-refractivity contribution in [1.82, 2.24) is 4.90 Å². The van der Waals surface area contributed by atoms with E-state index in [-0.39, 0.29) is 5.57 Å². The number of morpholine rings is 1. The van der Waals surface area contributed by atoms with E-state index in [0.717, 1.165) is 30.8 Å². The zero-order valence-electron chi connectivity index (χ0n) is 12.0. The van der Waals surface area contributed by atoms with E-state index < -0.39 is 5.60 Å². The van der Waals surface area contributed by atoms with Crippen LogP contribution in [0.4, 0.5) is 0 Å². The van der Waals surface area contributed by atoms with Crippen LogP contribution in [0.2, 0.25) is 0 Å². The molecule has 1 saturated heterocycles.